The van der Waals surface area contributed by atoms with Crippen LogP contribution in [0.4, 0.5) is 11.4 Å². The largest absolute Gasteiger partial charge is 0.397 e. The Hall–Kier alpha value is -1.78. The first-order valence-corrected chi connectivity index (χ1v) is 5.55. The standard InChI is InChI=1S/C11H14N4O/c1-7-3-2-6-15(7)9-5-4-8(12)10-11(9)14-16-13-10/h4-5,7H,2-3,6,12H2,1H3. The first-order valence-electron chi connectivity index (χ1n) is 5.55. The van der Waals surface area contributed by atoms with Crippen molar-refractivity contribution in [2.75, 3.05) is 17.2 Å². The summed E-state index contributed by atoms with van der Waals surface area (Å²) in [6.45, 7) is 3.29. The van der Waals surface area contributed by atoms with Crippen molar-refractivity contribution < 1.29 is 4.63 Å². The molecule has 2 N–H and O–H groups in total. The van der Waals surface area contributed by atoms with Gasteiger partial charge < -0.3 is 10.6 Å². The Morgan fingerprint density at radius 2 is 2.19 bits per heavy atom. The van der Waals surface area contributed by atoms with Crippen LogP contribution in [0, 0.1) is 0 Å². The van der Waals surface area contributed by atoms with Gasteiger partial charge in [-0.1, -0.05) is 0 Å². The van der Waals surface area contributed by atoms with Gasteiger partial charge in [0.05, 0.1) is 11.4 Å². The van der Waals surface area contributed by atoms with E-state index in [1.165, 1.54) is 12.8 Å². The Labute approximate surface area is 93.2 Å². The highest BCUT2D eigenvalue weighted by molar-refractivity contribution is 5.95. The fourth-order valence-corrected chi connectivity index (χ4v) is 2.40. The Balaban J connectivity index is 2.16. The van der Waals surface area contributed by atoms with E-state index in [0.29, 0.717) is 17.2 Å². The molecule has 2 aromatic rings. The smallest absolute Gasteiger partial charge is 0.160 e. The van der Waals surface area contributed by atoms with Crippen molar-refractivity contribution >= 4 is 22.4 Å². The Morgan fingerprint density at radius 1 is 1.38 bits per heavy atom. The number of nitrogens with zero attached hydrogens (tertiary/aromatic N) is 3. The summed E-state index contributed by atoms with van der Waals surface area (Å²) in [6.07, 6.45) is 2.44. The van der Waals surface area contributed by atoms with Gasteiger partial charge in [-0.2, -0.15) is 0 Å². The van der Waals surface area contributed by atoms with E-state index in [1.807, 2.05) is 12.1 Å². The van der Waals surface area contributed by atoms with Gasteiger partial charge in [0.2, 0.25) is 0 Å². The summed E-state index contributed by atoms with van der Waals surface area (Å²) < 4.78 is 4.77. The van der Waals surface area contributed by atoms with E-state index in [1.54, 1.807) is 0 Å². The molecule has 1 aromatic heterocycles. The Kier molecular flexibility index (Phi) is 1.99. The maximum Gasteiger partial charge on any atom is 0.160 e. The molecule has 1 atom stereocenters. The lowest BCUT2D eigenvalue weighted by molar-refractivity contribution is 0.315. The van der Waals surface area contributed by atoms with Crippen molar-refractivity contribution in [2.45, 2.75) is 25.8 Å². The molecule has 0 aliphatic carbocycles. The van der Waals surface area contributed by atoms with Crippen LogP contribution in [-0.4, -0.2) is 22.9 Å². The number of fused-ring (bicyclic) bond motifs is 1. The molecule has 5 heteroatoms. The molecular weight excluding hydrogens is 204 g/mol. The SMILES string of the molecule is CC1CCCN1c1ccc(N)c2nonc12. The zero-order chi connectivity index (χ0) is 11.1. The molecule has 1 aliphatic rings. The third-order valence-corrected chi connectivity index (χ3v) is 3.29. The van der Waals surface area contributed by atoms with Crippen molar-refractivity contribution in [2.24, 2.45) is 0 Å². The first kappa shape index (κ1) is 9.45. The predicted molar refractivity (Wildman–Crippen MR) is 62.3 cm³/mol. The number of aromatic nitrogens is 2. The minimum absolute atomic E-state index is 0.545. The number of hydrogen-bond acceptors (Lipinski definition) is 5. The van der Waals surface area contributed by atoms with Gasteiger partial charge in [-0.05, 0) is 42.2 Å². The summed E-state index contributed by atoms with van der Waals surface area (Å²) in [7, 11) is 0. The van der Waals surface area contributed by atoms with E-state index < -0.39 is 0 Å². The summed E-state index contributed by atoms with van der Waals surface area (Å²) in [5.74, 6) is 0. The summed E-state index contributed by atoms with van der Waals surface area (Å²) in [4.78, 5) is 2.34. The summed E-state index contributed by atoms with van der Waals surface area (Å²) >= 11 is 0. The quantitative estimate of drug-likeness (QED) is 0.739. The highest BCUT2D eigenvalue weighted by Crippen LogP contribution is 2.32. The van der Waals surface area contributed by atoms with Crippen molar-refractivity contribution in [3.8, 4) is 0 Å². The average Bonchev–Trinajstić information content (AvgIpc) is 2.88. The monoisotopic (exact) mass is 218 g/mol. The lowest BCUT2D eigenvalue weighted by atomic mass is 10.2. The van der Waals surface area contributed by atoms with E-state index in [-0.39, 0.29) is 0 Å². The predicted octanol–water partition coefficient (Wildman–Crippen LogP) is 1.79. The van der Waals surface area contributed by atoms with Crippen molar-refractivity contribution in [3.05, 3.63) is 12.1 Å². The lowest BCUT2D eigenvalue weighted by Crippen LogP contribution is -2.26. The van der Waals surface area contributed by atoms with Crippen LogP contribution < -0.4 is 10.6 Å². The molecule has 1 aliphatic heterocycles. The molecule has 3 rings (SSSR count). The minimum Gasteiger partial charge on any atom is -0.397 e. The average molecular weight is 218 g/mol. The van der Waals surface area contributed by atoms with Gasteiger partial charge in [0.25, 0.3) is 0 Å². The minimum atomic E-state index is 0.545. The maximum absolute atomic E-state index is 5.82. The molecule has 1 fully saturated rings. The summed E-state index contributed by atoms with van der Waals surface area (Å²) in [5, 5.41) is 7.79. The molecule has 0 spiro atoms. The second-order valence-electron chi connectivity index (χ2n) is 4.32. The van der Waals surface area contributed by atoms with Gasteiger partial charge in [0, 0.05) is 12.6 Å². The molecule has 0 saturated carbocycles. The lowest BCUT2D eigenvalue weighted by Gasteiger charge is -2.23. The van der Waals surface area contributed by atoms with Gasteiger partial charge >= 0.3 is 0 Å². The molecule has 0 amide bonds. The van der Waals surface area contributed by atoms with E-state index >= 15 is 0 Å². The topological polar surface area (TPSA) is 68.2 Å². The number of nitrogens with two attached hydrogens (primary N) is 1. The van der Waals surface area contributed by atoms with Crippen LogP contribution in [0.15, 0.2) is 16.8 Å². The second-order valence-corrected chi connectivity index (χ2v) is 4.32. The zero-order valence-electron chi connectivity index (χ0n) is 9.18. The number of nitrogen functional groups attached to an aromatic ring is 1. The van der Waals surface area contributed by atoms with Crippen molar-refractivity contribution in [1.82, 2.24) is 10.3 Å². The number of benzene rings is 1. The second kappa shape index (κ2) is 3.37. The van der Waals surface area contributed by atoms with E-state index in [0.717, 1.165) is 17.7 Å². The van der Waals surface area contributed by atoms with Crippen LogP contribution in [0.25, 0.3) is 11.0 Å². The van der Waals surface area contributed by atoms with Crippen LogP contribution in [0.3, 0.4) is 0 Å². The summed E-state index contributed by atoms with van der Waals surface area (Å²) in [5.41, 5.74) is 8.95. The van der Waals surface area contributed by atoms with Gasteiger partial charge in [-0.15, -0.1) is 0 Å². The van der Waals surface area contributed by atoms with Gasteiger partial charge in [-0.25, -0.2) is 4.63 Å². The Bertz CT molecular complexity index is 522. The molecule has 2 heterocycles. The maximum atomic E-state index is 5.82. The molecular formula is C11H14N4O. The normalized spacial score (nSPS) is 20.8. The number of anilines is 2. The summed E-state index contributed by atoms with van der Waals surface area (Å²) in [6, 6.07) is 4.42. The van der Waals surface area contributed by atoms with Gasteiger partial charge in [0.1, 0.15) is 0 Å². The van der Waals surface area contributed by atoms with Crippen LogP contribution in [0.2, 0.25) is 0 Å². The third kappa shape index (κ3) is 1.24. The molecule has 5 nitrogen and oxygen atoms in total. The van der Waals surface area contributed by atoms with Gasteiger partial charge in [0.15, 0.2) is 11.0 Å². The van der Waals surface area contributed by atoms with Crippen LogP contribution >= 0.6 is 0 Å². The van der Waals surface area contributed by atoms with E-state index in [2.05, 4.69) is 22.1 Å². The van der Waals surface area contributed by atoms with Crippen LogP contribution in [-0.2, 0) is 0 Å². The van der Waals surface area contributed by atoms with E-state index in [9.17, 15) is 0 Å². The molecule has 16 heavy (non-hydrogen) atoms. The molecule has 0 radical (unpaired) electrons. The molecule has 84 valence electrons. The van der Waals surface area contributed by atoms with E-state index in [4.69, 9.17) is 10.4 Å². The van der Waals surface area contributed by atoms with Crippen molar-refractivity contribution in [3.63, 3.8) is 0 Å². The van der Waals surface area contributed by atoms with Crippen LogP contribution in [0.1, 0.15) is 19.8 Å². The Morgan fingerprint density at radius 3 is 2.94 bits per heavy atom. The molecule has 1 saturated heterocycles. The fraction of sp³-hybridized carbons (Fsp3) is 0.455. The highest BCUT2D eigenvalue weighted by Gasteiger charge is 2.24. The van der Waals surface area contributed by atoms with Gasteiger partial charge in [-0.3, -0.25) is 0 Å². The number of hydrogen-bond donors (Lipinski definition) is 1. The van der Waals surface area contributed by atoms with Crippen LogP contribution in [0.5, 0.6) is 0 Å². The fourth-order valence-electron chi connectivity index (χ4n) is 2.40. The van der Waals surface area contributed by atoms with Crippen molar-refractivity contribution in [1.29, 1.82) is 0 Å². The molecule has 1 aromatic carbocycles. The molecule has 0 bridgehead atoms. The third-order valence-electron chi connectivity index (χ3n) is 3.29. The number of rotatable bonds is 1. The zero-order valence-corrected chi connectivity index (χ0v) is 9.18. The molecule has 1 unspecified atom stereocenters. The first-order chi connectivity index (χ1) is 7.77. The highest BCUT2D eigenvalue weighted by atomic mass is 16.6.